The topological polar surface area (TPSA) is 9.23 Å². The minimum atomic E-state index is -0.489. The SMILES string of the molecule is COc1ccc2c(c1)C(c1ccc(Cl)cc1)=C(c1ccc(Cl)cc1)C21c2ccccc2-c2ccccc21. The lowest BCUT2D eigenvalue weighted by molar-refractivity contribution is 0.414. The molecule has 0 heterocycles. The fourth-order valence-corrected chi connectivity index (χ4v) is 6.58. The molecule has 0 saturated heterocycles. The maximum atomic E-state index is 6.38. The molecule has 37 heavy (non-hydrogen) atoms. The molecule has 2 aliphatic rings. The monoisotopic (exact) mass is 516 g/mol. The lowest BCUT2D eigenvalue weighted by Crippen LogP contribution is -2.26. The predicted octanol–water partition coefficient (Wildman–Crippen LogP) is 9.29. The van der Waals surface area contributed by atoms with Gasteiger partial charge in [0.05, 0.1) is 12.5 Å². The molecule has 3 heteroatoms. The van der Waals surface area contributed by atoms with Crippen LogP contribution in [0.15, 0.2) is 115 Å². The fraction of sp³-hybridized carbons (Fsp3) is 0.0588. The molecule has 0 N–H and O–H groups in total. The van der Waals surface area contributed by atoms with Crippen LogP contribution in [0.4, 0.5) is 0 Å². The van der Waals surface area contributed by atoms with Crippen LogP contribution in [0.25, 0.3) is 22.3 Å². The Bertz CT molecular complexity index is 1670. The maximum absolute atomic E-state index is 6.38. The molecular weight excluding hydrogens is 495 g/mol. The Balaban J connectivity index is 1.71. The molecule has 0 unspecified atom stereocenters. The van der Waals surface area contributed by atoms with Crippen molar-refractivity contribution in [2.45, 2.75) is 5.41 Å². The van der Waals surface area contributed by atoms with Crippen molar-refractivity contribution in [2.24, 2.45) is 0 Å². The van der Waals surface area contributed by atoms with E-state index in [0.717, 1.165) is 27.5 Å². The first-order valence-electron chi connectivity index (χ1n) is 12.3. The summed E-state index contributed by atoms with van der Waals surface area (Å²) >= 11 is 12.7. The van der Waals surface area contributed by atoms with Crippen LogP contribution in [0.5, 0.6) is 5.75 Å². The number of ether oxygens (including phenoxy) is 1. The lowest BCUT2D eigenvalue weighted by Gasteiger charge is -2.33. The first-order valence-corrected chi connectivity index (χ1v) is 13.0. The number of benzene rings is 5. The summed E-state index contributed by atoms with van der Waals surface area (Å²) in [5.41, 5.74) is 11.7. The molecule has 0 fully saturated rings. The van der Waals surface area contributed by atoms with Crippen LogP contribution in [-0.2, 0) is 5.41 Å². The van der Waals surface area contributed by atoms with Gasteiger partial charge >= 0.3 is 0 Å². The molecule has 0 atom stereocenters. The summed E-state index contributed by atoms with van der Waals surface area (Å²) in [6.45, 7) is 0. The average Bonchev–Trinajstić information content (AvgIpc) is 3.41. The predicted molar refractivity (Wildman–Crippen MR) is 154 cm³/mol. The summed E-state index contributed by atoms with van der Waals surface area (Å²) in [6, 6.07) is 40.5. The highest BCUT2D eigenvalue weighted by molar-refractivity contribution is 6.31. The molecule has 0 aliphatic heterocycles. The Labute approximate surface area is 226 Å². The van der Waals surface area contributed by atoms with Crippen molar-refractivity contribution in [3.63, 3.8) is 0 Å². The highest BCUT2D eigenvalue weighted by Gasteiger charge is 2.53. The molecular formula is C34H22Cl2O. The highest BCUT2D eigenvalue weighted by Crippen LogP contribution is 2.65. The summed E-state index contributed by atoms with van der Waals surface area (Å²) in [5.74, 6) is 0.831. The number of rotatable bonds is 3. The standard InChI is InChI=1S/C34H22Cl2O/c1-37-25-18-19-31-28(20-25)32(21-10-14-23(35)15-11-21)33(22-12-16-24(36)17-13-22)34(31)29-8-4-2-6-26(29)27-7-3-5-9-30(27)34/h2-20H,1H3. The number of halogens is 2. The van der Waals surface area contributed by atoms with Gasteiger partial charge in [0.15, 0.2) is 0 Å². The van der Waals surface area contributed by atoms with E-state index in [0.29, 0.717) is 5.02 Å². The van der Waals surface area contributed by atoms with Gasteiger partial charge in [-0.3, -0.25) is 0 Å². The first-order chi connectivity index (χ1) is 18.1. The first kappa shape index (κ1) is 22.4. The zero-order chi connectivity index (χ0) is 25.1. The van der Waals surface area contributed by atoms with Gasteiger partial charge in [0, 0.05) is 10.0 Å². The van der Waals surface area contributed by atoms with Crippen LogP contribution >= 0.6 is 23.2 Å². The number of methoxy groups -OCH3 is 1. The number of fused-ring (bicyclic) bond motifs is 7. The van der Waals surface area contributed by atoms with Gasteiger partial charge in [0.1, 0.15) is 5.75 Å². The molecule has 1 spiro atoms. The molecule has 0 radical (unpaired) electrons. The van der Waals surface area contributed by atoms with Crippen molar-refractivity contribution in [3.8, 4) is 16.9 Å². The molecule has 0 saturated carbocycles. The van der Waals surface area contributed by atoms with Crippen molar-refractivity contribution in [1.82, 2.24) is 0 Å². The van der Waals surface area contributed by atoms with Gasteiger partial charge in [-0.05, 0) is 92.1 Å². The van der Waals surface area contributed by atoms with Crippen LogP contribution in [-0.4, -0.2) is 7.11 Å². The summed E-state index contributed by atoms with van der Waals surface area (Å²) in [6.07, 6.45) is 0. The second-order valence-electron chi connectivity index (χ2n) is 9.52. The maximum Gasteiger partial charge on any atom is 0.119 e. The largest absolute Gasteiger partial charge is 0.497 e. The summed E-state index contributed by atoms with van der Waals surface area (Å²) in [5, 5.41) is 1.43. The van der Waals surface area contributed by atoms with Crippen molar-refractivity contribution >= 4 is 34.3 Å². The fourth-order valence-electron chi connectivity index (χ4n) is 6.33. The van der Waals surface area contributed by atoms with E-state index >= 15 is 0 Å². The third-order valence-corrected chi connectivity index (χ3v) is 8.25. The van der Waals surface area contributed by atoms with Gasteiger partial charge in [-0.25, -0.2) is 0 Å². The van der Waals surface area contributed by atoms with E-state index in [9.17, 15) is 0 Å². The molecule has 5 aromatic rings. The van der Waals surface area contributed by atoms with E-state index in [1.807, 2.05) is 24.3 Å². The number of hydrogen-bond acceptors (Lipinski definition) is 1. The van der Waals surface area contributed by atoms with Crippen molar-refractivity contribution in [1.29, 1.82) is 0 Å². The van der Waals surface area contributed by atoms with Gasteiger partial charge in [0.25, 0.3) is 0 Å². The van der Waals surface area contributed by atoms with Crippen molar-refractivity contribution in [3.05, 3.63) is 159 Å². The van der Waals surface area contributed by atoms with Gasteiger partial charge in [-0.1, -0.05) is 102 Å². The Hall–Kier alpha value is -3.78. The van der Waals surface area contributed by atoms with Crippen LogP contribution in [0, 0.1) is 0 Å². The summed E-state index contributed by atoms with van der Waals surface area (Å²) < 4.78 is 5.73. The molecule has 2 aliphatic carbocycles. The third kappa shape index (κ3) is 3.11. The van der Waals surface area contributed by atoms with E-state index < -0.39 is 5.41 Å². The second kappa shape index (κ2) is 8.38. The van der Waals surface area contributed by atoms with Crippen molar-refractivity contribution < 1.29 is 4.74 Å². The zero-order valence-corrected chi connectivity index (χ0v) is 21.6. The molecule has 0 amide bonds. The number of allylic oxidation sites excluding steroid dienone is 1. The van der Waals surface area contributed by atoms with Crippen molar-refractivity contribution in [2.75, 3.05) is 7.11 Å². The van der Waals surface area contributed by atoms with Gasteiger partial charge in [-0.2, -0.15) is 0 Å². The van der Waals surface area contributed by atoms with E-state index in [-0.39, 0.29) is 0 Å². The quantitative estimate of drug-likeness (QED) is 0.232. The number of hydrogen-bond donors (Lipinski definition) is 0. The van der Waals surface area contributed by atoms with Crippen LogP contribution in [0.2, 0.25) is 10.0 Å². The molecule has 0 bridgehead atoms. The Morgan fingerprint density at radius 3 is 1.62 bits per heavy atom. The van der Waals surface area contributed by atoms with Gasteiger partial charge in [-0.15, -0.1) is 0 Å². The van der Waals surface area contributed by atoms with E-state index in [1.165, 1.54) is 39.0 Å². The minimum Gasteiger partial charge on any atom is -0.497 e. The molecule has 5 aromatic carbocycles. The van der Waals surface area contributed by atoms with Gasteiger partial charge < -0.3 is 4.74 Å². The van der Waals surface area contributed by atoms with E-state index in [1.54, 1.807) is 7.11 Å². The molecule has 7 rings (SSSR count). The van der Waals surface area contributed by atoms with Crippen LogP contribution < -0.4 is 4.74 Å². The average molecular weight is 517 g/mol. The third-order valence-electron chi connectivity index (χ3n) is 7.74. The highest BCUT2D eigenvalue weighted by atomic mass is 35.5. The Morgan fingerprint density at radius 2 is 1.05 bits per heavy atom. The summed E-state index contributed by atoms with van der Waals surface area (Å²) in [4.78, 5) is 0. The van der Waals surface area contributed by atoms with Crippen LogP contribution in [0.1, 0.15) is 33.4 Å². The van der Waals surface area contributed by atoms with Gasteiger partial charge in [0.2, 0.25) is 0 Å². The Kier molecular flexibility index (Phi) is 5.08. The molecule has 178 valence electrons. The smallest absolute Gasteiger partial charge is 0.119 e. The molecule has 0 aromatic heterocycles. The zero-order valence-electron chi connectivity index (χ0n) is 20.1. The molecule has 1 nitrogen and oxygen atoms in total. The van der Waals surface area contributed by atoms with Crippen LogP contribution in [0.3, 0.4) is 0 Å². The summed E-state index contributed by atoms with van der Waals surface area (Å²) in [7, 11) is 1.72. The minimum absolute atomic E-state index is 0.489. The van der Waals surface area contributed by atoms with E-state index in [2.05, 4.69) is 91.0 Å². The lowest BCUT2D eigenvalue weighted by atomic mass is 9.67. The normalized spacial score (nSPS) is 14.5. The Morgan fingerprint density at radius 1 is 0.541 bits per heavy atom. The van der Waals surface area contributed by atoms with E-state index in [4.69, 9.17) is 27.9 Å². The second-order valence-corrected chi connectivity index (χ2v) is 10.4.